The molecule has 3 aromatic heterocycles. The first kappa shape index (κ1) is 52.6. The summed E-state index contributed by atoms with van der Waals surface area (Å²) in [6.45, 7) is 26.7. The van der Waals surface area contributed by atoms with E-state index in [0.29, 0.717) is 0 Å². The topological polar surface area (TPSA) is 42.7 Å². The Balaban J connectivity index is 0.838. The number of anilines is 3. The summed E-state index contributed by atoms with van der Waals surface area (Å²) in [6.07, 6.45) is 0. The molecule has 0 N–H and O–H groups in total. The van der Waals surface area contributed by atoms with Crippen LogP contribution in [0.2, 0.25) is 0 Å². The van der Waals surface area contributed by atoms with Crippen molar-refractivity contribution in [1.82, 2.24) is 0 Å². The molecular weight excluding hydrogens is 1120 g/mol. The Kier molecular flexibility index (Phi) is 9.75. The molecule has 0 unspecified atom stereocenters. The molecule has 0 saturated carbocycles. The number of nitrogens with zero attached hydrogens (tertiary/aromatic N) is 1. The van der Waals surface area contributed by atoms with Gasteiger partial charge in [-0.1, -0.05) is 220 Å². The molecule has 0 aliphatic heterocycles. The fourth-order valence-electron chi connectivity index (χ4n) is 19.0. The molecule has 0 bridgehead atoms. The van der Waals surface area contributed by atoms with E-state index in [1.54, 1.807) is 0 Å². The molecule has 3 heterocycles. The Labute approximate surface area is 535 Å². The average molecular weight is 1190 g/mol. The lowest BCUT2D eigenvalue weighted by molar-refractivity contribution is 0.600. The minimum absolute atomic E-state index is 0.262. The fraction of sp³-hybridized carbons (Fsp3) is 0.182. The summed E-state index contributed by atoms with van der Waals surface area (Å²) in [5.74, 6) is 0. The van der Waals surface area contributed by atoms with Gasteiger partial charge in [0.1, 0.15) is 33.5 Å². The first-order chi connectivity index (χ1) is 44.3. The minimum Gasteiger partial charge on any atom is -0.455 e. The van der Waals surface area contributed by atoms with Gasteiger partial charge < -0.3 is 18.2 Å². The third kappa shape index (κ3) is 6.25. The Morgan fingerprint density at radius 3 is 1.13 bits per heavy atom. The van der Waals surface area contributed by atoms with Gasteiger partial charge in [-0.2, -0.15) is 0 Å². The van der Waals surface area contributed by atoms with E-state index in [0.717, 1.165) is 72.5 Å². The molecule has 92 heavy (non-hydrogen) atoms. The van der Waals surface area contributed by atoms with Gasteiger partial charge in [0, 0.05) is 93.1 Å². The van der Waals surface area contributed by atoms with E-state index in [1.165, 1.54) is 138 Å². The van der Waals surface area contributed by atoms with Crippen LogP contribution in [-0.4, -0.2) is 0 Å². The molecule has 5 aliphatic rings. The van der Waals surface area contributed by atoms with Crippen molar-refractivity contribution < 1.29 is 13.3 Å². The summed E-state index contributed by atoms with van der Waals surface area (Å²) >= 11 is 0. The van der Waals surface area contributed by atoms with Gasteiger partial charge >= 0.3 is 0 Å². The molecular formula is C88H67NO3. The second-order valence-corrected chi connectivity index (χ2v) is 29.9. The number of fused-ring (bicyclic) bond motifs is 31. The molecule has 0 radical (unpaired) electrons. The predicted octanol–water partition coefficient (Wildman–Crippen LogP) is 24.4. The lowest BCUT2D eigenvalue weighted by Crippen LogP contribution is -2.24. The van der Waals surface area contributed by atoms with Gasteiger partial charge in [0.2, 0.25) is 0 Å². The molecule has 15 aromatic rings. The van der Waals surface area contributed by atoms with Crippen LogP contribution in [0.15, 0.2) is 220 Å². The molecule has 5 aliphatic carbocycles. The number of hydrogen-bond donors (Lipinski definition) is 0. The quantitative estimate of drug-likeness (QED) is 0.176. The van der Waals surface area contributed by atoms with Crippen LogP contribution >= 0.6 is 0 Å². The standard InChI is InChI=1S/C88H67NO3/c1-46-23-22-24-47(41-46)59-45-65-69(72-56-27-14-19-32-66(56)90-81(59)72)53-38-35-48(42-62(53)84(65,2)3)89(49-36-39-54-63(43-49)87(8,9)78-71(54)74-58-29-16-21-34-68(58)91-82(74)75-52-26-13-18-31-61(52)86(6,7)79(75)78)50-37-40-55-64(44-50)88(10,11)80-76(55)83-73(57-28-15-20-33-67(57)92-83)70-51-25-12-17-30-60(51)85(4,5)77(70)80/h12-45H,1-11H3. The van der Waals surface area contributed by atoms with Crippen LogP contribution in [0.1, 0.15) is 130 Å². The second kappa shape index (κ2) is 17.1. The lowest BCUT2D eigenvalue weighted by Gasteiger charge is -2.33. The van der Waals surface area contributed by atoms with E-state index in [1.807, 2.05) is 0 Å². The maximum atomic E-state index is 7.21. The number of benzene rings is 12. The average Bonchev–Trinajstić information content (AvgIpc) is 1.53. The van der Waals surface area contributed by atoms with Crippen molar-refractivity contribution in [1.29, 1.82) is 0 Å². The third-order valence-corrected chi connectivity index (χ3v) is 23.1. The number of rotatable bonds is 4. The number of hydrogen-bond acceptors (Lipinski definition) is 4. The van der Waals surface area contributed by atoms with Gasteiger partial charge in [0.25, 0.3) is 0 Å². The zero-order valence-electron chi connectivity index (χ0n) is 53.8. The van der Waals surface area contributed by atoms with Crippen molar-refractivity contribution in [2.75, 3.05) is 4.90 Å². The van der Waals surface area contributed by atoms with Crippen LogP contribution in [0.5, 0.6) is 0 Å². The van der Waals surface area contributed by atoms with E-state index in [2.05, 4.69) is 287 Å². The van der Waals surface area contributed by atoms with E-state index < -0.39 is 10.8 Å². The van der Waals surface area contributed by atoms with Crippen molar-refractivity contribution in [2.45, 2.75) is 103 Å². The van der Waals surface area contributed by atoms with Crippen LogP contribution < -0.4 is 4.90 Å². The normalized spacial score (nSPS) is 16.4. The summed E-state index contributed by atoms with van der Waals surface area (Å²) in [5, 5.41) is 7.07. The maximum absolute atomic E-state index is 7.21. The fourth-order valence-corrected chi connectivity index (χ4v) is 19.0. The smallest absolute Gasteiger partial charge is 0.144 e. The van der Waals surface area contributed by atoms with Crippen LogP contribution in [0.4, 0.5) is 17.1 Å². The van der Waals surface area contributed by atoms with Crippen molar-refractivity contribution >= 4 is 82.9 Å². The number of aryl methyl sites for hydroxylation is 1. The van der Waals surface area contributed by atoms with E-state index in [9.17, 15) is 0 Å². The summed E-state index contributed by atoms with van der Waals surface area (Å²) < 4.78 is 21.3. The van der Waals surface area contributed by atoms with Crippen molar-refractivity contribution in [2.24, 2.45) is 0 Å². The molecule has 0 spiro atoms. The van der Waals surface area contributed by atoms with Gasteiger partial charge in [0.05, 0.1) is 0 Å². The third-order valence-electron chi connectivity index (χ3n) is 23.1. The van der Waals surface area contributed by atoms with Gasteiger partial charge in [0.15, 0.2) is 0 Å². The van der Waals surface area contributed by atoms with Crippen LogP contribution in [0.3, 0.4) is 0 Å². The van der Waals surface area contributed by atoms with Gasteiger partial charge in [-0.25, -0.2) is 0 Å². The molecule has 4 nitrogen and oxygen atoms in total. The highest BCUT2D eigenvalue weighted by Gasteiger charge is 2.51. The van der Waals surface area contributed by atoms with Crippen molar-refractivity contribution in [3.63, 3.8) is 0 Å². The highest BCUT2D eigenvalue weighted by atomic mass is 16.3. The zero-order valence-corrected chi connectivity index (χ0v) is 53.8. The minimum atomic E-state index is -0.413. The van der Waals surface area contributed by atoms with E-state index >= 15 is 0 Å². The predicted molar refractivity (Wildman–Crippen MR) is 381 cm³/mol. The van der Waals surface area contributed by atoms with Gasteiger partial charge in [-0.15, -0.1) is 0 Å². The largest absolute Gasteiger partial charge is 0.455 e. The molecule has 0 saturated heterocycles. The molecule has 0 fully saturated rings. The Bertz CT molecular complexity index is 5940. The first-order valence-electron chi connectivity index (χ1n) is 32.9. The molecule has 0 atom stereocenters. The van der Waals surface area contributed by atoms with Crippen molar-refractivity contribution in [3.8, 4) is 66.8 Å². The highest BCUT2D eigenvalue weighted by molar-refractivity contribution is 6.23. The second-order valence-electron chi connectivity index (χ2n) is 29.9. The Morgan fingerprint density at radius 1 is 0.272 bits per heavy atom. The summed E-state index contributed by atoms with van der Waals surface area (Å²) in [4.78, 5) is 2.58. The monoisotopic (exact) mass is 1190 g/mol. The Morgan fingerprint density at radius 2 is 0.641 bits per heavy atom. The molecule has 442 valence electrons. The molecule has 4 heteroatoms. The van der Waals surface area contributed by atoms with Crippen LogP contribution in [0, 0.1) is 6.92 Å². The number of furan rings is 3. The summed E-state index contributed by atoms with van der Waals surface area (Å²) in [6, 6.07) is 77.5. The van der Waals surface area contributed by atoms with Gasteiger partial charge in [-0.3, -0.25) is 0 Å². The molecule has 0 amide bonds. The maximum Gasteiger partial charge on any atom is 0.144 e. The number of para-hydroxylation sites is 3. The highest BCUT2D eigenvalue weighted by Crippen LogP contribution is 2.67. The SMILES string of the molecule is Cc1cccc(-c2cc3c(c4c2oc2ccccc24)-c2ccc(N(c4ccc5c(c4)C(C)(C)c4c6c(c7c(oc8ccccc87)c4-5)-c4ccccc4C6(C)C)c4ccc5c(c4)C(C)(C)c4c6c(c7oc8ccccc8c7c4-5)-c4ccccc4C6(C)C)cc2C3(C)C)c1. The zero-order chi connectivity index (χ0) is 62.2. The van der Waals surface area contributed by atoms with Gasteiger partial charge in [-0.05, 0) is 173 Å². The van der Waals surface area contributed by atoms with Crippen molar-refractivity contribution in [3.05, 3.63) is 267 Å². The van der Waals surface area contributed by atoms with E-state index in [-0.39, 0.29) is 16.2 Å². The van der Waals surface area contributed by atoms with Crippen LogP contribution in [-0.2, 0) is 27.1 Å². The summed E-state index contributed by atoms with van der Waals surface area (Å²) in [7, 11) is 0. The van der Waals surface area contributed by atoms with Crippen LogP contribution in [0.25, 0.3) is 133 Å². The molecule has 20 rings (SSSR count). The lowest BCUT2D eigenvalue weighted by atomic mass is 9.72. The first-order valence-corrected chi connectivity index (χ1v) is 32.9. The summed E-state index contributed by atoms with van der Waals surface area (Å²) in [5.41, 5.74) is 36.9. The molecule has 12 aromatic carbocycles. The Hall–Kier alpha value is -10.2. The van der Waals surface area contributed by atoms with E-state index in [4.69, 9.17) is 13.3 Å².